The summed E-state index contributed by atoms with van der Waals surface area (Å²) in [4.78, 5) is 0. The smallest absolute Gasteiger partial charge is 0.123 e. The van der Waals surface area contributed by atoms with Crippen LogP contribution in [0.15, 0.2) is 42.5 Å². The third-order valence-corrected chi connectivity index (χ3v) is 4.34. The van der Waals surface area contributed by atoms with E-state index >= 15 is 0 Å². The summed E-state index contributed by atoms with van der Waals surface area (Å²) in [6.45, 7) is 4.25. The fourth-order valence-corrected chi connectivity index (χ4v) is 2.84. The van der Waals surface area contributed by atoms with E-state index in [1.807, 2.05) is 6.07 Å². The number of benzene rings is 2. The van der Waals surface area contributed by atoms with Gasteiger partial charge >= 0.3 is 0 Å². The van der Waals surface area contributed by atoms with Crippen molar-refractivity contribution < 1.29 is 4.39 Å². The molecule has 0 amide bonds. The van der Waals surface area contributed by atoms with Crippen LogP contribution in [0.3, 0.4) is 0 Å². The molecular formula is C17H18BrF. The van der Waals surface area contributed by atoms with E-state index in [0.717, 1.165) is 17.3 Å². The van der Waals surface area contributed by atoms with Gasteiger partial charge in [0.1, 0.15) is 5.82 Å². The summed E-state index contributed by atoms with van der Waals surface area (Å²) >= 11 is 3.55. The molecule has 0 aromatic heterocycles. The molecular weight excluding hydrogens is 303 g/mol. The molecule has 19 heavy (non-hydrogen) atoms. The van der Waals surface area contributed by atoms with Crippen LogP contribution >= 0.6 is 15.9 Å². The molecule has 2 rings (SSSR count). The topological polar surface area (TPSA) is 0 Å². The van der Waals surface area contributed by atoms with Gasteiger partial charge < -0.3 is 0 Å². The third kappa shape index (κ3) is 3.66. The van der Waals surface area contributed by atoms with E-state index in [9.17, 15) is 4.39 Å². The van der Waals surface area contributed by atoms with Crippen molar-refractivity contribution in [2.45, 2.75) is 26.2 Å². The van der Waals surface area contributed by atoms with Gasteiger partial charge in [-0.1, -0.05) is 46.3 Å². The van der Waals surface area contributed by atoms with Crippen LogP contribution in [0, 0.1) is 19.7 Å². The minimum atomic E-state index is -0.163. The highest BCUT2D eigenvalue weighted by Crippen LogP contribution is 2.24. The van der Waals surface area contributed by atoms with Crippen molar-refractivity contribution in [2.24, 2.45) is 0 Å². The van der Waals surface area contributed by atoms with E-state index in [-0.39, 0.29) is 5.82 Å². The molecule has 0 aliphatic rings. The van der Waals surface area contributed by atoms with Crippen LogP contribution in [0.25, 0.3) is 0 Å². The van der Waals surface area contributed by atoms with Crippen molar-refractivity contribution in [2.75, 3.05) is 5.33 Å². The second-order valence-electron chi connectivity index (χ2n) is 5.03. The second kappa shape index (κ2) is 6.33. The summed E-state index contributed by atoms with van der Waals surface area (Å²) in [5.41, 5.74) is 4.97. The summed E-state index contributed by atoms with van der Waals surface area (Å²) in [7, 11) is 0. The summed E-state index contributed by atoms with van der Waals surface area (Å²) in [5.74, 6) is 0.140. The predicted molar refractivity (Wildman–Crippen MR) is 82.6 cm³/mol. The highest BCUT2D eigenvalue weighted by molar-refractivity contribution is 9.09. The minimum Gasteiger partial charge on any atom is -0.207 e. The molecule has 1 unspecified atom stereocenters. The van der Waals surface area contributed by atoms with Crippen molar-refractivity contribution in [3.63, 3.8) is 0 Å². The van der Waals surface area contributed by atoms with Gasteiger partial charge in [-0.2, -0.15) is 0 Å². The van der Waals surface area contributed by atoms with Gasteiger partial charge in [0.15, 0.2) is 0 Å². The SMILES string of the molecule is Cc1ccc(CC(CBr)c2cccc(F)c2)cc1C. The summed E-state index contributed by atoms with van der Waals surface area (Å²) in [6, 6.07) is 13.4. The lowest BCUT2D eigenvalue weighted by Gasteiger charge is -2.15. The minimum absolute atomic E-state index is 0.163. The normalized spacial score (nSPS) is 12.4. The molecule has 100 valence electrons. The molecule has 2 aromatic rings. The monoisotopic (exact) mass is 320 g/mol. The van der Waals surface area contributed by atoms with Crippen LogP contribution in [-0.4, -0.2) is 5.33 Å². The zero-order valence-electron chi connectivity index (χ0n) is 11.3. The van der Waals surface area contributed by atoms with Crippen molar-refractivity contribution in [1.29, 1.82) is 0 Å². The van der Waals surface area contributed by atoms with Crippen molar-refractivity contribution in [1.82, 2.24) is 0 Å². The first-order chi connectivity index (χ1) is 9.10. The molecule has 0 aliphatic carbocycles. The molecule has 2 heteroatoms. The third-order valence-electron chi connectivity index (χ3n) is 3.56. The number of halogens is 2. The molecule has 1 atom stereocenters. The van der Waals surface area contributed by atoms with Crippen molar-refractivity contribution >= 4 is 15.9 Å². The standard InChI is InChI=1S/C17H18BrF/c1-12-6-7-14(8-13(12)2)9-16(11-18)15-4-3-5-17(19)10-15/h3-8,10,16H,9,11H2,1-2H3. The first kappa shape index (κ1) is 14.3. The highest BCUT2D eigenvalue weighted by Gasteiger charge is 2.12. The average Bonchev–Trinajstić information content (AvgIpc) is 2.40. The maximum Gasteiger partial charge on any atom is 0.123 e. The average molecular weight is 321 g/mol. The van der Waals surface area contributed by atoms with Gasteiger partial charge in [-0.05, 0) is 60.6 Å². The van der Waals surface area contributed by atoms with E-state index in [1.165, 1.54) is 22.8 Å². The molecule has 2 aromatic carbocycles. The Morgan fingerprint density at radius 1 is 1.05 bits per heavy atom. The number of rotatable bonds is 4. The molecule has 0 aliphatic heterocycles. The first-order valence-electron chi connectivity index (χ1n) is 6.47. The van der Waals surface area contributed by atoms with Gasteiger partial charge in [0.25, 0.3) is 0 Å². The van der Waals surface area contributed by atoms with Gasteiger partial charge in [0.05, 0.1) is 0 Å². The lowest BCUT2D eigenvalue weighted by atomic mass is 9.92. The van der Waals surface area contributed by atoms with Crippen molar-refractivity contribution in [3.05, 3.63) is 70.5 Å². The lowest BCUT2D eigenvalue weighted by molar-refractivity contribution is 0.621. The number of alkyl halides is 1. The Morgan fingerprint density at radius 3 is 2.47 bits per heavy atom. The van der Waals surface area contributed by atoms with Crippen LogP contribution in [0.2, 0.25) is 0 Å². The summed E-state index contributed by atoms with van der Waals surface area (Å²) in [5, 5.41) is 0.837. The Morgan fingerprint density at radius 2 is 1.84 bits per heavy atom. The Balaban J connectivity index is 2.21. The molecule has 0 saturated heterocycles. The van der Waals surface area contributed by atoms with Crippen LogP contribution in [0.1, 0.15) is 28.2 Å². The van der Waals surface area contributed by atoms with E-state index in [2.05, 4.69) is 48.0 Å². The fraction of sp³-hybridized carbons (Fsp3) is 0.294. The quantitative estimate of drug-likeness (QED) is 0.682. The highest BCUT2D eigenvalue weighted by atomic mass is 79.9. The largest absolute Gasteiger partial charge is 0.207 e. The molecule has 0 fully saturated rings. The Bertz CT molecular complexity index is 563. The zero-order chi connectivity index (χ0) is 13.8. The van der Waals surface area contributed by atoms with Gasteiger partial charge in [-0.3, -0.25) is 0 Å². The van der Waals surface area contributed by atoms with Crippen LogP contribution in [0.4, 0.5) is 4.39 Å². The van der Waals surface area contributed by atoms with E-state index in [4.69, 9.17) is 0 Å². The molecule has 0 radical (unpaired) electrons. The summed E-state index contributed by atoms with van der Waals surface area (Å²) < 4.78 is 13.3. The van der Waals surface area contributed by atoms with Gasteiger partial charge in [-0.25, -0.2) is 4.39 Å². The molecule has 0 spiro atoms. The molecule has 0 nitrogen and oxygen atoms in total. The number of aryl methyl sites for hydroxylation is 2. The second-order valence-corrected chi connectivity index (χ2v) is 5.68. The fourth-order valence-electron chi connectivity index (χ4n) is 2.24. The first-order valence-corrected chi connectivity index (χ1v) is 7.60. The van der Waals surface area contributed by atoms with Gasteiger partial charge in [-0.15, -0.1) is 0 Å². The van der Waals surface area contributed by atoms with Crippen LogP contribution < -0.4 is 0 Å². The van der Waals surface area contributed by atoms with E-state index in [0.29, 0.717) is 5.92 Å². The Labute approximate surface area is 122 Å². The van der Waals surface area contributed by atoms with Gasteiger partial charge in [0.2, 0.25) is 0 Å². The number of hydrogen-bond donors (Lipinski definition) is 0. The molecule has 0 heterocycles. The summed E-state index contributed by atoms with van der Waals surface area (Å²) in [6.07, 6.45) is 0.926. The van der Waals surface area contributed by atoms with Crippen LogP contribution in [-0.2, 0) is 6.42 Å². The maximum atomic E-state index is 13.3. The maximum absolute atomic E-state index is 13.3. The van der Waals surface area contributed by atoms with Crippen molar-refractivity contribution in [3.8, 4) is 0 Å². The Kier molecular flexibility index (Phi) is 4.76. The van der Waals surface area contributed by atoms with E-state index in [1.54, 1.807) is 12.1 Å². The van der Waals surface area contributed by atoms with E-state index < -0.39 is 0 Å². The number of hydrogen-bond acceptors (Lipinski definition) is 0. The molecule has 0 N–H and O–H groups in total. The molecule has 0 saturated carbocycles. The van der Waals surface area contributed by atoms with Crippen LogP contribution in [0.5, 0.6) is 0 Å². The van der Waals surface area contributed by atoms with Gasteiger partial charge in [0, 0.05) is 5.33 Å². The molecule has 0 bridgehead atoms. The predicted octanol–water partition coefficient (Wildman–Crippen LogP) is 5.16. The Hall–Kier alpha value is -1.15. The zero-order valence-corrected chi connectivity index (χ0v) is 12.9. The lowest BCUT2D eigenvalue weighted by Crippen LogP contribution is -2.05.